The molecule has 0 radical (unpaired) electrons. The van der Waals surface area contributed by atoms with Gasteiger partial charge in [0.05, 0.1) is 0 Å². The van der Waals surface area contributed by atoms with Gasteiger partial charge in [-0.3, -0.25) is 9.59 Å². The van der Waals surface area contributed by atoms with Crippen molar-refractivity contribution in [3.8, 4) is 11.1 Å². The first kappa shape index (κ1) is 16.7. The maximum absolute atomic E-state index is 12.0. The fourth-order valence-electron chi connectivity index (χ4n) is 2.11. The molecule has 0 aliphatic heterocycles. The van der Waals surface area contributed by atoms with Crippen molar-refractivity contribution in [2.24, 2.45) is 0 Å². The third kappa shape index (κ3) is 5.23. The molecule has 2 rings (SSSR count). The summed E-state index contributed by atoms with van der Waals surface area (Å²) >= 11 is 0. The monoisotopic (exact) mass is 312 g/mol. The average Bonchev–Trinajstić information content (AvgIpc) is 2.60. The summed E-state index contributed by atoms with van der Waals surface area (Å²) in [5, 5.41) is 5.40. The molecule has 0 aromatic heterocycles. The first-order chi connectivity index (χ1) is 11.2. The summed E-state index contributed by atoms with van der Waals surface area (Å²) in [5.41, 5.74) is 2.77. The molecule has 2 aromatic carbocycles. The lowest BCUT2D eigenvalue weighted by Crippen LogP contribution is -2.36. The molecule has 2 aromatic rings. The van der Waals surface area contributed by atoms with Crippen molar-refractivity contribution in [1.29, 1.82) is 0 Å². The minimum Gasteiger partial charge on any atom is -0.375 e. The second-order valence-electron chi connectivity index (χ2n) is 4.98. The third-order valence-corrected chi connectivity index (χ3v) is 3.26. The lowest BCUT2D eigenvalue weighted by atomic mass is 10.0. The van der Waals surface area contributed by atoms with E-state index < -0.39 is 0 Å². The molecule has 0 unspecified atom stereocenters. The maximum atomic E-state index is 12.0. The van der Waals surface area contributed by atoms with Gasteiger partial charge in [-0.05, 0) is 23.3 Å². The van der Waals surface area contributed by atoms with Crippen molar-refractivity contribution in [1.82, 2.24) is 10.6 Å². The smallest absolute Gasteiger partial charge is 0.251 e. The third-order valence-electron chi connectivity index (χ3n) is 3.26. The number of rotatable bonds is 7. The van der Waals surface area contributed by atoms with Crippen molar-refractivity contribution < 1.29 is 14.3 Å². The van der Waals surface area contributed by atoms with E-state index in [9.17, 15) is 9.59 Å². The van der Waals surface area contributed by atoms with Crippen LogP contribution in [0.4, 0.5) is 0 Å². The van der Waals surface area contributed by atoms with Gasteiger partial charge in [-0.2, -0.15) is 0 Å². The minimum atomic E-state index is -0.200. The molecule has 120 valence electrons. The second-order valence-corrected chi connectivity index (χ2v) is 4.98. The van der Waals surface area contributed by atoms with Crippen LogP contribution >= 0.6 is 0 Å². The lowest BCUT2D eigenvalue weighted by Gasteiger charge is -2.07. The summed E-state index contributed by atoms with van der Waals surface area (Å²) in [5.74, 6) is -0.362. The Labute approximate surface area is 135 Å². The number of carbonyl (C=O) groups excluding carboxylic acids is 2. The Morgan fingerprint density at radius 1 is 0.870 bits per heavy atom. The van der Waals surface area contributed by atoms with E-state index in [2.05, 4.69) is 10.6 Å². The molecule has 5 heteroatoms. The Balaban J connectivity index is 1.82. The summed E-state index contributed by atoms with van der Waals surface area (Å²) in [7, 11) is 1.46. The normalized spacial score (nSPS) is 10.1. The highest BCUT2D eigenvalue weighted by molar-refractivity contribution is 5.94. The summed E-state index contributed by atoms with van der Waals surface area (Å²) in [6, 6.07) is 17.4. The van der Waals surface area contributed by atoms with Crippen LogP contribution in [0.2, 0.25) is 0 Å². The van der Waals surface area contributed by atoms with Crippen LogP contribution < -0.4 is 10.6 Å². The number of carbonyl (C=O) groups is 2. The molecule has 0 saturated carbocycles. The van der Waals surface area contributed by atoms with Gasteiger partial charge in [-0.1, -0.05) is 42.5 Å². The van der Waals surface area contributed by atoms with Gasteiger partial charge in [0, 0.05) is 25.8 Å². The van der Waals surface area contributed by atoms with Gasteiger partial charge in [-0.25, -0.2) is 0 Å². The minimum absolute atomic E-state index is 0.0227. The van der Waals surface area contributed by atoms with E-state index in [4.69, 9.17) is 4.74 Å². The van der Waals surface area contributed by atoms with Crippen molar-refractivity contribution in [3.05, 3.63) is 60.2 Å². The number of methoxy groups -OCH3 is 1. The molecule has 0 fully saturated rings. The van der Waals surface area contributed by atoms with E-state index >= 15 is 0 Å². The van der Waals surface area contributed by atoms with Crippen LogP contribution in [-0.2, 0) is 9.53 Å². The van der Waals surface area contributed by atoms with E-state index in [-0.39, 0.29) is 18.4 Å². The summed E-state index contributed by atoms with van der Waals surface area (Å²) in [6.07, 6.45) is 0. The number of amides is 2. The summed E-state index contributed by atoms with van der Waals surface area (Å²) in [6.45, 7) is 0.764. The van der Waals surface area contributed by atoms with Gasteiger partial charge >= 0.3 is 0 Å². The summed E-state index contributed by atoms with van der Waals surface area (Å²) < 4.78 is 4.70. The molecule has 5 nitrogen and oxygen atoms in total. The zero-order chi connectivity index (χ0) is 16.5. The molecular weight excluding hydrogens is 292 g/mol. The molecule has 2 N–H and O–H groups in total. The van der Waals surface area contributed by atoms with Gasteiger partial charge < -0.3 is 15.4 Å². The maximum Gasteiger partial charge on any atom is 0.251 e. The van der Waals surface area contributed by atoms with Gasteiger partial charge in [0.15, 0.2) is 0 Å². The number of hydrogen-bond donors (Lipinski definition) is 2. The van der Waals surface area contributed by atoms with Crippen LogP contribution in [0, 0.1) is 0 Å². The number of nitrogens with one attached hydrogen (secondary N) is 2. The van der Waals surface area contributed by atoms with Crippen LogP contribution in [0.1, 0.15) is 10.4 Å². The zero-order valence-corrected chi connectivity index (χ0v) is 13.0. The highest BCUT2D eigenvalue weighted by Crippen LogP contribution is 2.19. The van der Waals surface area contributed by atoms with Crippen molar-refractivity contribution >= 4 is 11.8 Å². The second kappa shape index (κ2) is 8.70. The molecule has 0 saturated heterocycles. The Morgan fingerprint density at radius 3 is 2.13 bits per heavy atom. The number of ether oxygens (including phenoxy) is 1. The fraction of sp³-hybridized carbons (Fsp3) is 0.222. The molecule has 0 bridgehead atoms. The van der Waals surface area contributed by atoms with Crippen LogP contribution in [0.3, 0.4) is 0 Å². The fourth-order valence-corrected chi connectivity index (χ4v) is 2.11. The molecule has 0 spiro atoms. The average molecular weight is 312 g/mol. The first-order valence-corrected chi connectivity index (χ1v) is 7.40. The highest BCUT2D eigenvalue weighted by atomic mass is 16.5. The Morgan fingerprint density at radius 2 is 1.48 bits per heavy atom. The highest BCUT2D eigenvalue weighted by Gasteiger charge is 2.06. The molecule has 0 aliphatic rings. The van der Waals surface area contributed by atoms with Crippen LogP contribution in [0.15, 0.2) is 54.6 Å². The predicted octanol–water partition coefficient (Wildman–Crippen LogP) is 1.85. The van der Waals surface area contributed by atoms with Gasteiger partial charge in [0.2, 0.25) is 5.91 Å². The van der Waals surface area contributed by atoms with Crippen molar-refractivity contribution in [2.75, 3.05) is 26.8 Å². The topological polar surface area (TPSA) is 67.4 Å². The number of benzene rings is 2. The Kier molecular flexibility index (Phi) is 6.32. The van der Waals surface area contributed by atoms with Crippen LogP contribution in [0.25, 0.3) is 11.1 Å². The van der Waals surface area contributed by atoms with Crippen molar-refractivity contribution in [3.63, 3.8) is 0 Å². The molecule has 0 atom stereocenters. The van der Waals surface area contributed by atoms with E-state index in [0.717, 1.165) is 11.1 Å². The lowest BCUT2D eigenvalue weighted by molar-refractivity contribution is -0.124. The summed E-state index contributed by atoms with van der Waals surface area (Å²) in [4.78, 5) is 23.2. The van der Waals surface area contributed by atoms with E-state index in [0.29, 0.717) is 18.7 Å². The first-order valence-electron chi connectivity index (χ1n) is 7.40. The van der Waals surface area contributed by atoms with Crippen molar-refractivity contribution in [2.45, 2.75) is 0 Å². The van der Waals surface area contributed by atoms with Crippen LogP contribution in [0.5, 0.6) is 0 Å². The van der Waals surface area contributed by atoms with Gasteiger partial charge in [-0.15, -0.1) is 0 Å². The quantitative estimate of drug-likeness (QED) is 0.767. The van der Waals surface area contributed by atoms with Gasteiger partial charge in [0.25, 0.3) is 5.91 Å². The molecular formula is C18H20N2O3. The van der Waals surface area contributed by atoms with Gasteiger partial charge in [0.1, 0.15) is 6.61 Å². The zero-order valence-electron chi connectivity index (χ0n) is 13.0. The predicted molar refractivity (Wildman–Crippen MR) is 89.1 cm³/mol. The number of hydrogen-bond acceptors (Lipinski definition) is 3. The van der Waals surface area contributed by atoms with E-state index in [1.807, 2.05) is 42.5 Å². The van der Waals surface area contributed by atoms with Crippen LogP contribution in [-0.4, -0.2) is 38.6 Å². The standard InChI is InChI=1S/C18H20N2O3/c1-23-13-17(21)19-11-12-20-18(22)16-9-7-15(8-10-16)14-5-3-2-4-6-14/h2-10H,11-13H2,1H3,(H,19,21)(H,20,22). The molecule has 0 heterocycles. The Hall–Kier alpha value is -2.66. The molecule has 2 amide bonds. The Bertz CT molecular complexity index is 639. The van der Waals surface area contributed by atoms with E-state index in [1.54, 1.807) is 12.1 Å². The molecule has 23 heavy (non-hydrogen) atoms. The largest absolute Gasteiger partial charge is 0.375 e. The molecule has 0 aliphatic carbocycles. The SMILES string of the molecule is COCC(=O)NCCNC(=O)c1ccc(-c2ccccc2)cc1. The van der Waals surface area contributed by atoms with E-state index in [1.165, 1.54) is 7.11 Å².